The summed E-state index contributed by atoms with van der Waals surface area (Å²) in [6.07, 6.45) is -0.897. The number of nitrogens with one attached hydrogen (secondary N) is 2. The molecule has 2 amide bonds. The molecule has 2 rings (SSSR count). The Bertz CT molecular complexity index is 760. The van der Waals surface area contributed by atoms with Crippen LogP contribution >= 0.6 is 0 Å². The number of aliphatic hydroxyl groups excluding tert-OH is 1. The van der Waals surface area contributed by atoms with Gasteiger partial charge in [-0.15, -0.1) is 0 Å². The molecule has 0 saturated heterocycles. The summed E-state index contributed by atoms with van der Waals surface area (Å²) in [5.41, 5.74) is 2.31. The maximum atomic E-state index is 11.9. The van der Waals surface area contributed by atoms with Crippen molar-refractivity contribution in [1.29, 1.82) is 5.26 Å². The highest BCUT2D eigenvalue weighted by molar-refractivity contribution is 6.08. The van der Waals surface area contributed by atoms with Crippen LogP contribution in [0.5, 0.6) is 0 Å². The smallest absolute Gasteiger partial charge is 0.233 e. The highest BCUT2D eigenvalue weighted by atomic mass is 16.3. The fraction of sp³-hybridized carbons (Fsp3) is 0.167. The van der Waals surface area contributed by atoms with Crippen LogP contribution in [0.15, 0.2) is 48.5 Å². The van der Waals surface area contributed by atoms with E-state index in [-0.39, 0.29) is 6.42 Å². The number of amides is 2. The SMILES string of the molecule is CC(O)c1ccc(NC(=O)CC(=O)Nc2ccc(C#N)cc2)cc1. The molecule has 0 fully saturated rings. The minimum Gasteiger partial charge on any atom is -0.389 e. The number of aliphatic hydroxyl groups is 1. The van der Waals surface area contributed by atoms with Crippen LogP contribution in [0, 0.1) is 11.3 Å². The van der Waals surface area contributed by atoms with Gasteiger partial charge in [0.15, 0.2) is 0 Å². The Kier molecular flexibility index (Phi) is 5.66. The van der Waals surface area contributed by atoms with Crippen molar-refractivity contribution in [3.63, 3.8) is 0 Å². The largest absolute Gasteiger partial charge is 0.389 e. The quantitative estimate of drug-likeness (QED) is 0.736. The van der Waals surface area contributed by atoms with E-state index in [9.17, 15) is 14.7 Å². The number of carbonyl (C=O) groups is 2. The van der Waals surface area contributed by atoms with Gasteiger partial charge in [0, 0.05) is 11.4 Å². The molecule has 0 radical (unpaired) electrons. The number of nitriles is 1. The molecule has 2 aromatic carbocycles. The Morgan fingerprint density at radius 2 is 1.46 bits per heavy atom. The number of anilines is 2. The summed E-state index contributed by atoms with van der Waals surface area (Å²) in [5, 5.41) is 23.4. The first-order valence-corrected chi connectivity index (χ1v) is 7.36. The van der Waals surface area contributed by atoms with Crippen LogP contribution in [0.2, 0.25) is 0 Å². The van der Waals surface area contributed by atoms with Gasteiger partial charge in [0.25, 0.3) is 0 Å². The topological polar surface area (TPSA) is 102 Å². The monoisotopic (exact) mass is 323 g/mol. The Hall–Kier alpha value is -3.17. The van der Waals surface area contributed by atoms with Crippen LogP contribution in [-0.4, -0.2) is 16.9 Å². The molecule has 6 heteroatoms. The number of nitrogens with zero attached hydrogens (tertiary/aromatic N) is 1. The van der Waals surface area contributed by atoms with E-state index in [0.717, 1.165) is 5.56 Å². The lowest BCUT2D eigenvalue weighted by Crippen LogP contribution is -2.21. The van der Waals surface area contributed by atoms with Crippen molar-refractivity contribution in [2.24, 2.45) is 0 Å². The zero-order valence-corrected chi connectivity index (χ0v) is 13.1. The van der Waals surface area contributed by atoms with Crippen molar-refractivity contribution >= 4 is 23.2 Å². The first-order chi connectivity index (χ1) is 11.5. The standard InChI is InChI=1S/C18H17N3O3/c1-12(22)14-4-8-16(9-5-14)21-18(24)10-17(23)20-15-6-2-13(11-19)3-7-15/h2-9,12,22H,10H2,1H3,(H,20,23)(H,21,24). The summed E-state index contributed by atoms with van der Waals surface area (Å²) in [6.45, 7) is 1.65. The second kappa shape index (κ2) is 7.90. The summed E-state index contributed by atoms with van der Waals surface area (Å²) in [6, 6.07) is 15.1. The van der Waals surface area contributed by atoms with Crippen LogP contribution in [-0.2, 0) is 9.59 Å². The fourth-order valence-corrected chi connectivity index (χ4v) is 2.03. The summed E-state index contributed by atoms with van der Waals surface area (Å²) in [7, 11) is 0. The zero-order chi connectivity index (χ0) is 17.5. The normalized spacial score (nSPS) is 11.2. The molecule has 0 aliphatic carbocycles. The second-order valence-corrected chi connectivity index (χ2v) is 5.26. The first kappa shape index (κ1) is 17.2. The van der Waals surface area contributed by atoms with Gasteiger partial charge in [0.1, 0.15) is 6.42 Å². The molecule has 3 N–H and O–H groups in total. The Labute approximate surface area is 139 Å². The molecular weight excluding hydrogens is 306 g/mol. The second-order valence-electron chi connectivity index (χ2n) is 5.26. The van der Waals surface area contributed by atoms with Gasteiger partial charge >= 0.3 is 0 Å². The maximum Gasteiger partial charge on any atom is 0.233 e. The van der Waals surface area contributed by atoms with Gasteiger partial charge in [-0.05, 0) is 48.9 Å². The van der Waals surface area contributed by atoms with Gasteiger partial charge in [-0.2, -0.15) is 5.26 Å². The molecule has 6 nitrogen and oxygen atoms in total. The van der Waals surface area contributed by atoms with E-state index in [1.165, 1.54) is 0 Å². The Morgan fingerprint density at radius 3 is 1.88 bits per heavy atom. The molecule has 0 saturated carbocycles. The van der Waals surface area contributed by atoms with Crippen LogP contribution in [0.4, 0.5) is 11.4 Å². The lowest BCUT2D eigenvalue weighted by molar-refractivity contribution is -0.123. The minimum absolute atomic E-state index is 0.321. The zero-order valence-electron chi connectivity index (χ0n) is 13.1. The van der Waals surface area contributed by atoms with Crippen LogP contribution < -0.4 is 10.6 Å². The van der Waals surface area contributed by atoms with Crippen LogP contribution in [0.1, 0.15) is 30.6 Å². The summed E-state index contributed by atoms with van der Waals surface area (Å²) in [4.78, 5) is 23.7. The summed E-state index contributed by atoms with van der Waals surface area (Å²) in [5.74, 6) is -0.885. The molecule has 2 aromatic rings. The van der Waals surface area contributed by atoms with Crippen LogP contribution in [0.3, 0.4) is 0 Å². The van der Waals surface area contributed by atoms with E-state index in [4.69, 9.17) is 5.26 Å². The van der Waals surface area contributed by atoms with Gasteiger partial charge in [-0.1, -0.05) is 12.1 Å². The van der Waals surface area contributed by atoms with Gasteiger partial charge in [-0.25, -0.2) is 0 Å². The number of carbonyl (C=O) groups excluding carboxylic acids is 2. The average Bonchev–Trinajstić information content (AvgIpc) is 2.55. The molecule has 1 atom stereocenters. The van der Waals surface area contributed by atoms with Gasteiger partial charge in [-0.3, -0.25) is 9.59 Å². The predicted molar refractivity (Wildman–Crippen MR) is 90.1 cm³/mol. The minimum atomic E-state index is -0.576. The van der Waals surface area contributed by atoms with E-state index in [0.29, 0.717) is 16.9 Å². The van der Waals surface area contributed by atoms with Crippen molar-refractivity contribution in [2.45, 2.75) is 19.4 Å². The highest BCUT2D eigenvalue weighted by Gasteiger charge is 2.10. The number of benzene rings is 2. The molecule has 1 unspecified atom stereocenters. The van der Waals surface area contributed by atoms with Crippen molar-refractivity contribution < 1.29 is 14.7 Å². The highest BCUT2D eigenvalue weighted by Crippen LogP contribution is 2.16. The summed E-state index contributed by atoms with van der Waals surface area (Å²) < 4.78 is 0. The van der Waals surface area contributed by atoms with Gasteiger partial charge in [0.2, 0.25) is 11.8 Å². The number of hydrogen-bond donors (Lipinski definition) is 3. The average molecular weight is 323 g/mol. The van der Waals surface area contributed by atoms with Crippen molar-refractivity contribution in [2.75, 3.05) is 10.6 Å². The lowest BCUT2D eigenvalue weighted by atomic mass is 10.1. The van der Waals surface area contributed by atoms with Gasteiger partial charge < -0.3 is 15.7 Å². The third kappa shape index (κ3) is 4.93. The third-order valence-electron chi connectivity index (χ3n) is 3.30. The van der Waals surface area contributed by atoms with Crippen molar-refractivity contribution in [3.05, 3.63) is 59.7 Å². The summed E-state index contributed by atoms with van der Waals surface area (Å²) >= 11 is 0. The number of hydrogen-bond acceptors (Lipinski definition) is 4. The van der Waals surface area contributed by atoms with Crippen molar-refractivity contribution in [1.82, 2.24) is 0 Å². The molecule has 0 aromatic heterocycles. The number of rotatable bonds is 5. The molecule has 0 heterocycles. The first-order valence-electron chi connectivity index (χ1n) is 7.36. The van der Waals surface area contributed by atoms with E-state index in [1.807, 2.05) is 6.07 Å². The predicted octanol–water partition coefficient (Wildman–Crippen LogP) is 2.58. The Morgan fingerprint density at radius 1 is 1.00 bits per heavy atom. The van der Waals surface area contributed by atoms with E-state index in [2.05, 4.69) is 10.6 Å². The van der Waals surface area contributed by atoms with E-state index >= 15 is 0 Å². The molecule has 24 heavy (non-hydrogen) atoms. The fourth-order valence-electron chi connectivity index (χ4n) is 2.03. The van der Waals surface area contributed by atoms with E-state index in [1.54, 1.807) is 55.5 Å². The lowest BCUT2D eigenvalue weighted by Gasteiger charge is -2.08. The van der Waals surface area contributed by atoms with Crippen LogP contribution in [0.25, 0.3) is 0 Å². The third-order valence-corrected chi connectivity index (χ3v) is 3.30. The Balaban J connectivity index is 1.86. The van der Waals surface area contributed by atoms with Gasteiger partial charge in [0.05, 0.1) is 17.7 Å². The molecule has 0 aliphatic heterocycles. The van der Waals surface area contributed by atoms with Crippen molar-refractivity contribution in [3.8, 4) is 6.07 Å². The van der Waals surface area contributed by atoms with E-state index < -0.39 is 17.9 Å². The molecule has 122 valence electrons. The molecular formula is C18H17N3O3. The molecule has 0 spiro atoms. The maximum absolute atomic E-state index is 11.9. The molecule has 0 aliphatic rings. The molecule has 0 bridgehead atoms.